The third kappa shape index (κ3) is 3.29. The van der Waals surface area contributed by atoms with E-state index < -0.39 is 11.7 Å². The largest absolute Gasteiger partial charge is 0.454 e. The van der Waals surface area contributed by atoms with E-state index in [0.29, 0.717) is 5.69 Å². The second-order valence-corrected chi connectivity index (χ2v) is 4.75. The Morgan fingerprint density at radius 1 is 0.900 bits per heavy atom. The topological polar surface area (TPSA) is 35.2 Å². The second-order valence-electron chi connectivity index (χ2n) is 3.93. The van der Waals surface area contributed by atoms with Gasteiger partial charge in [-0.25, -0.2) is 0 Å². The number of nitrogens with two attached hydrogens (primary N) is 1. The fourth-order valence-corrected chi connectivity index (χ4v) is 1.92. The van der Waals surface area contributed by atoms with Crippen LogP contribution in [0.2, 0.25) is 10.0 Å². The molecule has 0 saturated carbocycles. The Labute approximate surface area is 122 Å². The van der Waals surface area contributed by atoms with E-state index in [0.717, 1.165) is 18.2 Å². The average molecular weight is 322 g/mol. The predicted molar refractivity (Wildman–Crippen MR) is 72.4 cm³/mol. The van der Waals surface area contributed by atoms with Gasteiger partial charge in [0.25, 0.3) is 0 Å². The van der Waals surface area contributed by atoms with Gasteiger partial charge < -0.3 is 10.5 Å². The lowest BCUT2D eigenvalue weighted by Crippen LogP contribution is -2.04. The molecule has 2 aromatic carbocycles. The van der Waals surface area contributed by atoms with Crippen molar-refractivity contribution in [3.05, 3.63) is 52.0 Å². The van der Waals surface area contributed by atoms with E-state index in [-0.39, 0.29) is 21.5 Å². The second kappa shape index (κ2) is 5.42. The Kier molecular flexibility index (Phi) is 4.01. The van der Waals surface area contributed by atoms with Gasteiger partial charge in [0.05, 0.1) is 15.6 Å². The number of alkyl halides is 3. The van der Waals surface area contributed by atoms with Crippen LogP contribution in [0.25, 0.3) is 0 Å². The lowest BCUT2D eigenvalue weighted by Gasteiger charge is -2.12. The molecule has 0 heterocycles. The standard InChI is InChI=1S/C13H8Cl2F3NO/c14-9-5-7(13(16,17)18)1-3-11(9)20-12-4-2-8(19)6-10(12)15/h1-6H,19H2. The highest BCUT2D eigenvalue weighted by Crippen LogP contribution is 2.38. The Bertz CT molecular complexity index is 644. The van der Waals surface area contributed by atoms with Crippen molar-refractivity contribution in [2.75, 3.05) is 5.73 Å². The molecule has 2 N–H and O–H groups in total. The van der Waals surface area contributed by atoms with Gasteiger partial charge in [0, 0.05) is 5.69 Å². The molecule has 106 valence electrons. The molecule has 0 unspecified atom stereocenters. The van der Waals surface area contributed by atoms with E-state index in [1.165, 1.54) is 12.1 Å². The first-order valence-corrected chi connectivity index (χ1v) is 6.12. The molecule has 7 heteroatoms. The number of ether oxygens (including phenoxy) is 1. The van der Waals surface area contributed by atoms with Gasteiger partial charge in [0.2, 0.25) is 0 Å². The number of rotatable bonds is 2. The summed E-state index contributed by atoms with van der Waals surface area (Å²) < 4.78 is 42.9. The van der Waals surface area contributed by atoms with Gasteiger partial charge >= 0.3 is 6.18 Å². The predicted octanol–water partition coefficient (Wildman–Crippen LogP) is 5.39. The molecular formula is C13H8Cl2F3NO. The molecule has 0 bridgehead atoms. The lowest BCUT2D eigenvalue weighted by molar-refractivity contribution is -0.137. The molecule has 0 saturated heterocycles. The zero-order chi connectivity index (χ0) is 14.9. The van der Waals surface area contributed by atoms with Crippen LogP contribution in [-0.2, 0) is 6.18 Å². The maximum Gasteiger partial charge on any atom is 0.416 e. The molecule has 0 spiro atoms. The van der Waals surface area contributed by atoms with Gasteiger partial charge in [0.1, 0.15) is 11.5 Å². The third-order valence-electron chi connectivity index (χ3n) is 2.44. The molecule has 0 aliphatic heterocycles. The van der Waals surface area contributed by atoms with Crippen LogP contribution in [0.4, 0.5) is 18.9 Å². The molecule has 0 aliphatic rings. The van der Waals surface area contributed by atoms with E-state index in [4.69, 9.17) is 33.7 Å². The van der Waals surface area contributed by atoms with Crippen molar-refractivity contribution in [2.45, 2.75) is 6.18 Å². The zero-order valence-electron chi connectivity index (χ0n) is 9.84. The summed E-state index contributed by atoms with van der Waals surface area (Å²) in [7, 11) is 0. The maximum absolute atomic E-state index is 12.5. The molecule has 2 aromatic rings. The first-order valence-electron chi connectivity index (χ1n) is 5.37. The number of hydrogen-bond donors (Lipinski definition) is 1. The van der Waals surface area contributed by atoms with Crippen molar-refractivity contribution < 1.29 is 17.9 Å². The van der Waals surface area contributed by atoms with Gasteiger partial charge in [-0.1, -0.05) is 23.2 Å². The first-order chi connectivity index (χ1) is 9.27. The Morgan fingerprint density at radius 2 is 1.45 bits per heavy atom. The summed E-state index contributed by atoms with van der Waals surface area (Å²) in [6.07, 6.45) is -4.46. The minimum atomic E-state index is -4.46. The fourth-order valence-electron chi connectivity index (χ4n) is 1.48. The molecule has 0 aromatic heterocycles. The van der Waals surface area contributed by atoms with Gasteiger partial charge in [-0.2, -0.15) is 13.2 Å². The van der Waals surface area contributed by atoms with Crippen LogP contribution in [0.15, 0.2) is 36.4 Å². The molecule has 20 heavy (non-hydrogen) atoms. The highest BCUT2D eigenvalue weighted by Gasteiger charge is 2.31. The number of halogens is 5. The normalized spacial score (nSPS) is 11.4. The number of benzene rings is 2. The van der Waals surface area contributed by atoms with Crippen molar-refractivity contribution in [1.29, 1.82) is 0 Å². The van der Waals surface area contributed by atoms with Gasteiger partial charge in [0.15, 0.2) is 0 Å². The summed E-state index contributed by atoms with van der Waals surface area (Å²) in [5.41, 5.74) is 5.12. The molecule has 0 atom stereocenters. The molecule has 2 nitrogen and oxygen atoms in total. The van der Waals surface area contributed by atoms with Gasteiger partial charge in [-0.15, -0.1) is 0 Å². The van der Waals surface area contributed by atoms with E-state index in [2.05, 4.69) is 0 Å². The zero-order valence-corrected chi connectivity index (χ0v) is 11.4. The highest BCUT2D eigenvalue weighted by atomic mass is 35.5. The van der Waals surface area contributed by atoms with E-state index in [1.807, 2.05) is 0 Å². The molecule has 0 amide bonds. The fraction of sp³-hybridized carbons (Fsp3) is 0.0769. The van der Waals surface area contributed by atoms with Crippen LogP contribution in [0.3, 0.4) is 0 Å². The van der Waals surface area contributed by atoms with Crippen LogP contribution < -0.4 is 10.5 Å². The summed E-state index contributed by atoms with van der Waals surface area (Å²) in [6, 6.07) is 7.34. The van der Waals surface area contributed by atoms with E-state index in [1.54, 1.807) is 6.07 Å². The molecule has 0 fully saturated rings. The van der Waals surface area contributed by atoms with Crippen molar-refractivity contribution in [1.82, 2.24) is 0 Å². The smallest absolute Gasteiger partial charge is 0.416 e. The summed E-state index contributed by atoms with van der Waals surface area (Å²) in [5.74, 6) is 0.328. The Balaban J connectivity index is 2.30. The monoisotopic (exact) mass is 321 g/mol. The summed E-state index contributed by atoms with van der Waals surface area (Å²) in [5, 5.41) is 0.0775. The summed E-state index contributed by atoms with van der Waals surface area (Å²) >= 11 is 11.7. The number of nitrogen functional groups attached to an aromatic ring is 1. The van der Waals surface area contributed by atoms with Crippen LogP contribution in [0.1, 0.15) is 5.56 Å². The molecular weight excluding hydrogens is 314 g/mol. The SMILES string of the molecule is Nc1ccc(Oc2ccc(C(F)(F)F)cc2Cl)c(Cl)c1. The van der Waals surface area contributed by atoms with Crippen LogP contribution in [0.5, 0.6) is 11.5 Å². The first kappa shape index (κ1) is 14.8. The molecule has 0 radical (unpaired) electrons. The van der Waals surface area contributed by atoms with Crippen LogP contribution in [-0.4, -0.2) is 0 Å². The van der Waals surface area contributed by atoms with E-state index in [9.17, 15) is 13.2 Å². The summed E-state index contributed by atoms with van der Waals surface area (Å²) in [6.45, 7) is 0. The van der Waals surface area contributed by atoms with Crippen molar-refractivity contribution in [3.63, 3.8) is 0 Å². The maximum atomic E-state index is 12.5. The minimum Gasteiger partial charge on any atom is -0.454 e. The Morgan fingerprint density at radius 3 is 1.95 bits per heavy atom. The van der Waals surface area contributed by atoms with Crippen LogP contribution in [0, 0.1) is 0 Å². The van der Waals surface area contributed by atoms with Gasteiger partial charge in [-0.3, -0.25) is 0 Å². The highest BCUT2D eigenvalue weighted by molar-refractivity contribution is 6.33. The van der Waals surface area contributed by atoms with Crippen LogP contribution >= 0.6 is 23.2 Å². The lowest BCUT2D eigenvalue weighted by atomic mass is 10.2. The van der Waals surface area contributed by atoms with Crippen molar-refractivity contribution in [2.24, 2.45) is 0 Å². The quantitative estimate of drug-likeness (QED) is 0.753. The average Bonchev–Trinajstić information content (AvgIpc) is 2.33. The minimum absolute atomic E-state index is 0.0753. The van der Waals surface area contributed by atoms with Crippen molar-refractivity contribution in [3.8, 4) is 11.5 Å². The third-order valence-corrected chi connectivity index (χ3v) is 3.03. The Hall–Kier alpha value is -1.59. The molecule has 0 aliphatic carbocycles. The molecule has 2 rings (SSSR count). The summed E-state index contributed by atoms with van der Waals surface area (Å²) in [4.78, 5) is 0. The van der Waals surface area contributed by atoms with Crippen molar-refractivity contribution >= 4 is 28.9 Å². The van der Waals surface area contributed by atoms with E-state index >= 15 is 0 Å². The number of hydrogen-bond acceptors (Lipinski definition) is 2. The van der Waals surface area contributed by atoms with Gasteiger partial charge in [-0.05, 0) is 36.4 Å². The number of anilines is 1.